The first-order valence-electron chi connectivity index (χ1n) is 7.65. The maximum absolute atomic E-state index is 11.9. The number of carboxylic acid groups (broad SMARTS) is 1. The lowest BCUT2D eigenvalue weighted by Gasteiger charge is -2.58. The highest BCUT2D eigenvalue weighted by Crippen LogP contribution is 2.48. The third kappa shape index (κ3) is 3.33. The van der Waals surface area contributed by atoms with Crippen molar-refractivity contribution in [2.75, 3.05) is 20.2 Å². The molecule has 1 saturated heterocycles. The van der Waals surface area contributed by atoms with Crippen molar-refractivity contribution in [1.29, 1.82) is 0 Å². The highest BCUT2D eigenvalue weighted by atomic mass is 16.5. The van der Waals surface area contributed by atoms with Crippen molar-refractivity contribution >= 4 is 12.1 Å². The second-order valence-corrected chi connectivity index (χ2v) is 6.42. The van der Waals surface area contributed by atoms with Crippen LogP contribution in [0.4, 0.5) is 9.59 Å². The average molecular weight is 319 g/mol. The summed E-state index contributed by atoms with van der Waals surface area (Å²) in [7, 11) is 1.61. The molecule has 0 radical (unpaired) electrons. The van der Waals surface area contributed by atoms with Gasteiger partial charge in [-0.3, -0.25) is 0 Å². The Bertz CT molecular complexity index is 588. The van der Waals surface area contributed by atoms with Gasteiger partial charge in [0.25, 0.3) is 0 Å². The molecule has 1 heterocycles. The summed E-state index contributed by atoms with van der Waals surface area (Å²) in [5.41, 5.74) is 1.11. The van der Waals surface area contributed by atoms with Crippen LogP contribution in [-0.4, -0.2) is 48.4 Å². The van der Waals surface area contributed by atoms with Crippen LogP contribution in [0.5, 0.6) is 5.75 Å². The Morgan fingerprint density at radius 2 is 1.96 bits per heavy atom. The predicted molar refractivity (Wildman–Crippen MR) is 83.4 cm³/mol. The number of nitrogens with zero attached hydrogens (tertiary/aromatic N) is 1. The van der Waals surface area contributed by atoms with Crippen LogP contribution in [0.25, 0.3) is 0 Å². The summed E-state index contributed by atoms with van der Waals surface area (Å²) < 4.78 is 5.09. The maximum Gasteiger partial charge on any atom is 0.407 e. The molecule has 124 valence electrons. The molecule has 3 amide bonds. The summed E-state index contributed by atoms with van der Waals surface area (Å²) in [5, 5.41) is 14.6. The second-order valence-electron chi connectivity index (χ2n) is 6.42. The molecular weight excluding hydrogens is 298 g/mol. The predicted octanol–water partition coefficient (Wildman–Crippen LogP) is 1.64. The number of methoxy groups -OCH3 is 1. The highest BCUT2D eigenvalue weighted by molar-refractivity contribution is 5.74. The summed E-state index contributed by atoms with van der Waals surface area (Å²) in [6.45, 7) is 1.64. The van der Waals surface area contributed by atoms with Crippen LogP contribution < -0.4 is 15.4 Å². The first kappa shape index (κ1) is 15.5. The number of rotatable bonds is 4. The number of amides is 3. The van der Waals surface area contributed by atoms with Crippen LogP contribution >= 0.6 is 0 Å². The number of benzene rings is 1. The second kappa shape index (κ2) is 5.98. The largest absolute Gasteiger partial charge is 0.497 e. The van der Waals surface area contributed by atoms with Crippen molar-refractivity contribution in [3.63, 3.8) is 0 Å². The van der Waals surface area contributed by atoms with Crippen molar-refractivity contribution in [3.05, 3.63) is 29.8 Å². The first-order valence-corrected chi connectivity index (χ1v) is 7.65. The summed E-state index contributed by atoms with van der Waals surface area (Å²) in [5.74, 6) is 0.786. The Hall–Kier alpha value is -2.44. The Morgan fingerprint density at radius 1 is 1.30 bits per heavy atom. The van der Waals surface area contributed by atoms with E-state index in [0.717, 1.165) is 24.2 Å². The van der Waals surface area contributed by atoms with Gasteiger partial charge in [0.15, 0.2) is 0 Å². The monoisotopic (exact) mass is 319 g/mol. The van der Waals surface area contributed by atoms with Gasteiger partial charge in [-0.05, 0) is 30.5 Å². The molecule has 2 fully saturated rings. The van der Waals surface area contributed by atoms with Crippen molar-refractivity contribution < 1.29 is 19.4 Å². The number of urea groups is 1. The molecule has 1 saturated carbocycles. The summed E-state index contributed by atoms with van der Waals surface area (Å²) in [4.78, 5) is 24.1. The number of carbonyl (C=O) groups is 2. The van der Waals surface area contributed by atoms with Gasteiger partial charge >= 0.3 is 12.1 Å². The Balaban J connectivity index is 1.35. The van der Waals surface area contributed by atoms with E-state index >= 15 is 0 Å². The van der Waals surface area contributed by atoms with E-state index in [2.05, 4.69) is 10.6 Å². The molecule has 0 unspecified atom stereocenters. The fourth-order valence-electron chi connectivity index (χ4n) is 3.41. The molecule has 0 aromatic heterocycles. The molecule has 1 spiro atoms. The van der Waals surface area contributed by atoms with E-state index in [9.17, 15) is 9.59 Å². The summed E-state index contributed by atoms with van der Waals surface area (Å²) >= 11 is 0. The smallest absolute Gasteiger partial charge is 0.407 e. The van der Waals surface area contributed by atoms with E-state index in [0.29, 0.717) is 19.6 Å². The Kier molecular flexibility index (Phi) is 4.02. The van der Waals surface area contributed by atoms with Crippen molar-refractivity contribution in [2.24, 2.45) is 5.41 Å². The lowest BCUT2D eigenvalue weighted by atomic mass is 9.61. The first-order chi connectivity index (χ1) is 11.0. The van der Waals surface area contributed by atoms with E-state index in [1.165, 1.54) is 4.90 Å². The minimum atomic E-state index is -0.857. The molecule has 23 heavy (non-hydrogen) atoms. The Morgan fingerprint density at radius 3 is 2.52 bits per heavy atom. The van der Waals surface area contributed by atoms with Gasteiger partial charge in [-0.25, -0.2) is 9.59 Å². The number of likely N-dealkylation sites (tertiary alicyclic amines) is 1. The van der Waals surface area contributed by atoms with Gasteiger partial charge in [-0.15, -0.1) is 0 Å². The summed E-state index contributed by atoms with van der Waals surface area (Å²) in [6, 6.07) is 7.49. The molecule has 0 atom stereocenters. The van der Waals surface area contributed by atoms with Crippen molar-refractivity contribution in [2.45, 2.75) is 25.4 Å². The number of nitrogens with one attached hydrogen (secondary N) is 2. The molecule has 7 nitrogen and oxygen atoms in total. The number of ether oxygens (including phenoxy) is 1. The lowest BCUT2D eigenvalue weighted by Crippen LogP contribution is -2.67. The zero-order chi connectivity index (χ0) is 16.4. The van der Waals surface area contributed by atoms with E-state index in [1.807, 2.05) is 24.3 Å². The van der Waals surface area contributed by atoms with E-state index in [-0.39, 0.29) is 17.5 Å². The van der Waals surface area contributed by atoms with E-state index in [1.54, 1.807) is 7.11 Å². The molecule has 2 aliphatic rings. The van der Waals surface area contributed by atoms with Gasteiger partial charge in [0.1, 0.15) is 5.75 Å². The van der Waals surface area contributed by atoms with Crippen molar-refractivity contribution in [1.82, 2.24) is 15.5 Å². The van der Waals surface area contributed by atoms with Gasteiger partial charge < -0.3 is 25.4 Å². The van der Waals surface area contributed by atoms with Gasteiger partial charge in [0, 0.05) is 31.1 Å². The molecule has 0 bridgehead atoms. The third-order valence-corrected chi connectivity index (χ3v) is 4.63. The van der Waals surface area contributed by atoms with Crippen LogP contribution in [-0.2, 0) is 6.54 Å². The third-order valence-electron chi connectivity index (χ3n) is 4.63. The molecule has 1 aliphatic heterocycles. The zero-order valence-corrected chi connectivity index (χ0v) is 13.0. The van der Waals surface area contributed by atoms with E-state index in [4.69, 9.17) is 9.84 Å². The fourth-order valence-corrected chi connectivity index (χ4v) is 3.41. The average Bonchev–Trinajstić information content (AvgIpc) is 2.46. The van der Waals surface area contributed by atoms with Gasteiger partial charge in [0.2, 0.25) is 0 Å². The van der Waals surface area contributed by atoms with E-state index < -0.39 is 6.09 Å². The van der Waals surface area contributed by atoms with Gasteiger partial charge in [0.05, 0.1) is 7.11 Å². The maximum atomic E-state index is 11.9. The standard InChI is InChI=1S/C16H21N3O4/c1-23-13-4-2-11(3-5-13)8-17-14(20)18-12-6-16(7-12)9-19(10-16)15(21)22/h2-5,12H,6-10H2,1H3,(H,21,22)(H2,17,18,20). The lowest BCUT2D eigenvalue weighted by molar-refractivity contribution is -0.0615. The number of hydrogen-bond acceptors (Lipinski definition) is 3. The molecular formula is C16H21N3O4. The normalized spacial score (nSPS) is 18.7. The fraction of sp³-hybridized carbons (Fsp3) is 0.500. The Labute approximate surface area is 134 Å². The van der Waals surface area contributed by atoms with Gasteiger partial charge in [-0.2, -0.15) is 0 Å². The van der Waals surface area contributed by atoms with Gasteiger partial charge in [-0.1, -0.05) is 12.1 Å². The molecule has 3 N–H and O–H groups in total. The molecule has 1 aromatic rings. The topological polar surface area (TPSA) is 90.9 Å². The van der Waals surface area contributed by atoms with Crippen LogP contribution in [0.3, 0.4) is 0 Å². The quantitative estimate of drug-likeness (QED) is 0.787. The van der Waals surface area contributed by atoms with Crippen molar-refractivity contribution in [3.8, 4) is 5.75 Å². The summed E-state index contributed by atoms with van der Waals surface area (Å²) in [6.07, 6.45) is 0.851. The van der Waals surface area contributed by atoms with Crippen LogP contribution in [0.1, 0.15) is 18.4 Å². The highest BCUT2D eigenvalue weighted by Gasteiger charge is 2.54. The number of carbonyl (C=O) groups excluding carboxylic acids is 1. The SMILES string of the molecule is COc1ccc(CNC(=O)NC2CC3(C2)CN(C(=O)O)C3)cc1. The van der Waals surface area contributed by atoms with Crippen LogP contribution in [0.2, 0.25) is 0 Å². The molecule has 7 heteroatoms. The number of hydrogen-bond donors (Lipinski definition) is 3. The molecule has 1 aliphatic carbocycles. The zero-order valence-electron chi connectivity index (χ0n) is 13.0. The molecule has 1 aromatic carbocycles. The van der Waals surface area contributed by atoms with Crippen LogP contribution in [0, 0.1) is 5.41 Å². The minimum Gasteiger partial charge on any atom is -0.497 e. The van der Waals surface area contributed by atoms with Crippen LogP contribution in [0.15, 0.2) is 24.3 Å². The minimum absolute atomic E-state index is 0.103. The molecule has 3 rings (SSSR count).